The zero-order chi connectivity index (χ0) is 11.5. The van der Waals surface area contributed by atoms with Crippen LogP contribution in [-0.2, 0) is 11.3 Å². The van der Waals surface area contributed by atoms with E-state index in [9.17, 15) is 5.11 Å². The second-order valence-corrected chi connectivity index (χ2v) is 3.78. The summed E-state index contributed by atoms with van der Waals surface area (Å²) < 4.78 is 16.2. The summed E-state index contributed by atoms with van der Waals surface area (Å²) in [6.45, 7) is 3.24. The molecule has 1 aliphatic heterocycles. The van der Waals surface area contributed by atoms with Gasteiger partial charge in [0, 0.05) is 18.2 Å². The first-order valence-electron chi connectivity index (χ1n) is 5.32. The van der Waals surface area contributed by atoms with Crippen LogP contribution in [0.5, 0.6) is 11.5 Å². The van der Waals surface area contributed by atoms with E-state index in [0.717, 1.165) is 11.1 Å². The molecule has 4 heteroatoms. The summed E-state index contributed by atoms with van der Waals surface area (Å²) in [4.78, 5) is 0. The average molecular weight is 224 g/mol. The van der Waals surface area contributed by atoms with E-state index in [2.05, 4.69) is 0 Å². The lowest BCUT2D eigenvalue weighted by Gasteiger charge is -2.24. The highest BCUT2D eigenvalue weighted by atomic mass is 16.6. The van der Waals surface area contributed by atoms with Crippen LogP contribution in [-0.4, -0.2) is 25.4 Å². The molecule has 0 saturated carbocycles. The Labute approximate surface area is 94.8 Å². The molecule has 1 atom stereocenters. The third-order valence-corrected chi connectivity index (χ3v) is 2.55. The Hall–Kier alpha value is -1.26. The molecule has 1 aliphatic rings. The second kappa shape index (κ2) is 4.72. The molecular weight excluding hydrogens is 208 g/mol. The fourth-order valence-corrected chi connectivity index (χ4v) is 1.81. The standard InChI is InChI=1S/C12H16O4/c1-8(13)10-4-3-9(7-14-2)11-12(10)16-6-5-15-11/h3-4,8,13H,5-7H2,1-2H3. The molecule has 0 fully saturated rings. The van der Waals surface area contributed by atoms with Crippen molar-refractivity contribution in [3.05, 3.63) is 23.3 Å². The first kappa shape index (κ1) is 11.2. The summed E-state index contributed by atoms with van der Waals surface area (Å²) in [6, 6.07) is 3.76. The molecule has 88 valence electrons. The van der Waals surface area contributed by atoms with Gasteiger partial charge in [-0.15, -0.1) is 0 Å². The van der Waals surface area contributed by atoms with Gasteiger partial charge in [-0.3, -0.25) is 0 Å². The number of aliphatic hydroxyl groups is 1. The quantitative estimate of drug-likeness (QED) is 0.848. The van der Waals surface area contributed by atoms with Crippen LogP contribution >= 0.6 is 0 Å². The van der Waals surface area contributed by atoms with Crippen molar-refractivity contribution in [3.63, 3.8) is 0 Å². The van der Waals surface area contributed by atoms with Crippen molar-refractivity contribution in [1.82, 2.24) is 0 Å². The number of methoxy groups -OCH3 is 1. The van der Waals surface area contributed by atoms with Crippen molar-refractivity contribution in [2.45, 2.75) is 19.6 Å². The molecule has 1 aromatic rings. The van der Waals surface area contributed by atoms with Gasteiger partial charge in [-0.1, -0.05) is 12.1 Å². The van der Waals surface area contributed by atoms with Crippen LogP contribution in [0.2, 0.25) is 0 Å². The van der Waals surface area contributed by atoms with Crippen LogP contribution in [0.4, 0.5) is 0 Å². The Morgan fingerprint density at radius 1 is 1.31 bits per heavy atom. The van der Waals surface area contributed by atoms with Gasteiger partial charge < -0.3 is 19.3 Å². The van der Waals surface area contributed by atoms with E-state index in [1.54, 1.807) is 14.0 Å². The number of ether oxygens (including phenoxy) is 3. The Morgan fingerprint density at radius 3 is 2.62 bits per heavy atom. The Morgan fingerprint density at radius 2 is 2.00 bits per heavy atom. The maximum Gasteiger partial charge on any atom is 0.167 e. The number of rotatable bonds is 3. The van der Waals surface area contributed by atoms with E-state index in [1.807, 2.05) is 12.1 Å². The highest BCUT2D eigenvalue weighted by molar-refractivity contribution is 5.53. The molecular formula is C12H16O4. The second-order valence-electron chi connectivity index (χ2n) is 3.78. The molecule has 0 saturated heterocycles. The van der Waals surface area contributed by atoms with Crippen LogP contribution in [0.15, 0.2) is 12.1 Å². The summed E-state index contributed by atoms with van der Waals surface area (Å²) in [5.74, 6) is 1.35. The minimum Gasteiger partial charge on any atom is -0.486 e. The highest BCUT2D eigenvalue weighted by Crippen LogP contribution is 2.40. The van der Waals surface area contributed by atoms with Gasteiger partial charge in [-0.05, 0) is 6.92 Å². The normalized spacial score (nSPS) is 15.9. The van der Waals surface area contributed by atoms with Crippen LogP contribution in [0, 0.1) is 0 Å². The molecule has 0 aliphatic carbocycles. The molecule has 0 bridgehead atoms. The molecule has 1 N–H and O–H groups in total. The van der Waals surface area contributed by atoms with Crippen LogP contribution in [0.25, 0.3) is 0 Å². The molecule has 0 spiro atoms. The predicted molar refractivity (Wildman–Crippen MR) is 58.8 cm³/mol. The third-order valence-electron chi connectivity index (χ3n) is 2.55. The van der Waals surface area contributed by atoms with Crippen LogP contribution in [0.3, 0.4) is 0 Å². The van der Waals surface area contributed by atoms with Gasteiger partial charge in [0.15, 0.2) is 11.5 Å². The van der Waals surface area contributed by atoms with Crippen LogP contribution in [0.1, 0.15) is 24.2 Å². The molecule has 4 nitrogen and oxygen atoms in total. The lowest BCUT2D eigenvalue weighted by molar-refractivity contribution is 0.142. The summed E-state index contributed by atoms with van der Waals surface area (Å²) in [7, 11) is 1.64. The van der Waals surface area contributed by atoms with E-state index in [-0.39, 0.29) is 0 Å². The smallest absolute Gasteiger partial charge is 0.167 e. The lowest BCUT2D eigenvalue weighted by atomic mass is 10.0. The molecule has 1 heterocycles. The van der Waals surface area contributed by atoms with Crippen LogP contribution < -0.4 is 9.47 Å². The molecule has 2 rings (SSSR count). The monoisotopic (exact) mass is 224 g/mol. The first-order valence-corrected chi connectivity index (χ1v) is 5.32. The van der Waals surface area contributed by atoms with Crippen molar-refractivity contribution in [1.29, 1.82) is 0 Å². The largest absolute Gasteiger partial charge is 0.486 e. The zero-order valence-electron chi connectivity index (χ0n) is 9.53. The van der Waals surface area contributed by atoms with Gasteiger partial charge in [0.25, 0.3) is 0 Å². The average Bonchev–Trinajstić information content (AvgIpc) is 2.29. The van der Waals surface area contributed by atoms with Crippen molar-refractivity contribution < 1.29 is 19.3 Å². The van der Waals surface area contributed by atoms with Gasteiger partial charge in [0.1, 0.15) is 13.2 Å². The van der Waals surface area contributed by atoms with Crippen molar-refractivity contribution in [2.75, 3.05) is 20.3 Å². The predicted octanol–water partition coefficient (Wildman–Crippen LogP) is 1.66. The Balaban J connectivity index is 2.46. The van der Waals surface area contributed by atoms with Gasteiger partial charge >= 0.3 is 0 Å². The maximum atomic E-state index is 9.63. The highest BCUT2D eigenvalue weighted by Gasteiger charge is 2.21. The molecule has 1 aromatic carbocycles. The fourth-order valence-electron chi connectivity index (χ4n) is 1.81. The van der Waals surface area contributed by atoms with Crippen molar-refractivity contribution in [3.8, 4) is 11.5 Å². The van der Waals surface area contributed by atoms with Gasteiger partial charge in [0.2, 0.25) is 0 Å². The minimum absolute atomic E-state index is 0.478. The Kier molecular flexibility index (Phi) is 3.31. The van der Waals surface area contributed by atoms with Gasteiger partial charge in [0.05, 0.1) is 12.7 Å². The Bertz CT molecular complexity index is 374. The number of hydrogen-bond acceptors (Lipinski definition) is 4. The number of hydrogen-bond donors (Lipinski definition) is 1. The summed E-state index contributed by atoms with van der Waals surface area (Å²) in [5.41, 5.74) is 1.70. The van der Waals surface area contributed by atoms with Crippen molar-refractivity contribution in [2.24, 2.45) is 0 Å². The lowest BCUT2D eigenvalue weighted by Crippen LogP contribution is -2.18. The molecule has 0 radical (unpaired) electrons. The summed E-state index contributed by atoms with van der Waals surface area (Å²) in [5, 5.41) is 9.63. The van der Waals surface area contributed by atoms with E-state index in [1.165, 1.54) is 0 Å². The van der Waals surface area contributed by atoms with Gasteiger partial charge in [-0.25, -0.2) is 0 Å². The summed E-state index contributed by atoms with van der Waals surface area (Å²) >= 11 is 0. The molecule has 1 unspecified atom stereocenters. The third kappa shape index (κ3) is 1.99. The fraction of sp³-hybridized carbons (Fsp3) is 0.500. The van der Waals surface area contributed by atoms with Gasteiger partial charge in [-0.2, -0.15) is 0 Å². The minimum atomic E-state index is -0.563. The number of aliphatic hydroxyl groups excluding tert-OH is 1. The topological polar surface area (TPSA) is 47.9 Å². The van der Waals surface area contributed by atoms with Crippen molar-refractivity contribution >= 4 is 0 Å². The van der Waals surface area contributed by atoms with E-state index in [4.69, 9.17) is 14.2 Å². The molecule has 0 aromatic heterocycles. The molecule has 16 heavy (non-hydrogen) atoms. The molecule has 0 amide bonds. The zero-order valence-corrected chi connectivity index (χ0v) is 9.53. The van der Waals surface area contributed by atoms with E-state index in [0.29, 0.717) is 31.3 Å². The number of fused-ring (bicyclic) bond motifs is 1. The van der Waals surface area contributed by atoms with E-state index >= 15 is 0 Å². The maximum absolute atomic E-state index is 9.63. The summed E-state index contributed by atoms with van der Waals surface area (Å²) in [6.07, 6.45) is -0.563. The first-order chi connectivity index (χ1) is 7.74. The number of benzene rings is 1. The SMILES string of the molecule is COCc1ccc(C(C)O)c2c1OCCO2. The van der Waals surface area contributed by atoms with E-state index < -0.39 is 6.10 Å².